The summed E-state index contributed by atoms with van der Waals surface area (Å²) in [6.45, 7) is 4.66. The zero-order valence-electron chi connectivity index (χ0n) is 38.3. The van der Waals surface area contributed by atoms with Crippen LogP contribution in [-0.2, 0) is 10.8 Å². The van der Waals surface area contributed by atoms with Gasteiger partial charge in [-0.3, -0.25) is 0 Å². The molecule has 2 heteroatoms. The number of rotatable bonds is 6. The molecule has 60 heavy (non-hydrogen) atoms. The average Bonchev–Trinajstić information content (AvgIpc) is 3.90. The second-order valence-electron chi connectivity index (χ2n) is 16.5. The van der Waals surface area contributed by atoms with E-state index in [1.807, 2.05) is 36.4 Å². The van der Waals surface area contributed by atoms with Gasteiger partial charge in [0.25, 0.3) is 0 Å². The van der Waals surface area contributed by atoms with Crippen molar-refractivity contribution < 1.29 is 6.85 Å². The molecule has 2 nitrogen and oxygen atoms in total. The van der Waals surface area contributed by atoms with Crippen LogP contribution in [0.5, 0.6) is 0 Å². The maximum Gasteiger partial charge on any atom is 0.0726 e. The SMILES string of the molecule is [2H]c1c([2H])c([2H])c(N(c2ccccc2)c2ccc3c(c2)-c2ccccc2C32c3ccccc3-c3ccc(N(c4ccccc4)c4ccc5c(c4)C(C)(C)c4ccccc4-5)cc32)c([2H])c1[2H]. The minimum atomic E-state index is -0.676. The van der Waals surface area contributed by atoms with Crippen molar-refractivity contribution in [2.45, 2.75) is 24.7 Å². The normalized spacial score (nSPS) is 16.9. The van der Waals surface area contributed by atoms with Gasteiger partial charge in [-0.05, 0) is 140 Å². The Kier molecular flexibility index (Phi) is 6.47. The molecule has 3 aliphatic carbocycles. The van der Waals surface area contributed by atoms with E-state index in [4.69, 9.17) is 6.85 Å². The summed E-state index contributed by atoms with van der Waals surface area (Å²) in [6.07, 6.45) is 0. The van der Waals surface area contributed by atoms with Crippen LogP contribution in [0.1, 0.15) is 54.1 Å². The average molecular weight is 772 g/mol. The van der Waals surface area contributed by atoms with Crippen LogP contribution >= 0.6 is 0 Å². The Morgan fingerprint density at radius 1 is 0.317 bits per heavy atom. The van der Waals surface area contributed by atoms with Gasteiger partial charge in [0.2, 0.25) is 0 Å². The predicted molar refractivity (Wildman–Crippen MR) is 250 cm³/mol. The van der Waals surface area contributed by atoms with Crippen molar-refractivity contribution in [1.82, 2.24) is 0 Å². The summed E-state index contributed by atoms with van der Waals surface area (Å²) in [7, 11) is 0. The van der Waals surface area contributed by atoms with E-state index in [1.165, 1.54) is 50.1 Å². The summed E-state index contributed by atoms with van der Waals surface area (Å²) in [5, 5.41) is 0. The van der Waals surface area contributed by atoms with Crippen LogP contribution in [0.15, 0.2) is 218 Å². The number of anilines is 6. The predicted octanol–water partition coefficient (Wildman–Crippen LogP) is 15.3. The molecule has 0 amide bonds. The lowest BCUT2D eigenvalue weighted by Gasteiger charge is -2.33. The highest BCUT2D eigenvalue weighted by molar-refractivity contribution is 5.98. The molecule has 0 radical (unpaired) electrons. The van der Waals surface area contributed by atoms with E-state index in [9.17, 15) is 0 Å². The van der Waals surface area contributed by atoms with Crippen LogP contribution < -0.4 is 9.80 Å². The van der Waals surface area contributed by atoms with Gasteiger partial charge in [0, 0.05) is 39.5 Å². The Morgan fingerprint density at radius 2 is 0.733 bits per heavy atom. The summed E-state index contributed by atoms with van der Waals surface area (Å²) >= 11 is 0. The minimum absolute atomic E-state index is 0.101. The molecule has 0 saturated heterocycles. The first kappa shape index (κ1) is 29.7. The van der Waals surface area contributed by atoms with Gasteiger partial charge in [-0.25, -0.2) is 0 Å². The molecule has 0 aliphatic heterocycles. The number of hydrogen-bond acceptors (Lipinski definition) is 2. The van der Waals surface area contributed by atoms with Crippen LogP contribution in [0.25, 0.3) is 33.4 Å². The van der Waals surface area contributed by atoms with Gasteiger partial charge in [-0.15, -0.1) is 0 Å². The van der Waals surface area contributed by atoms with Crippen molar-refractivity contribution in [2.75, 3.05) is 9.80 Å². The van der Waals surface area contributed by atoms with Crippen LogP contribution in [0.4, 0.5) is 34.1 Å². The van der Waals surface area contributed by atoms with Crippen LogP contribution in [-0.4, -0.2) is 0 Å². The monoisotopic (exact) mass is 771 g/mol. The Balaban J connectivity index is 1.08. The topological polar surface area (TPSA) is 6.48 Å². The molecule has 1 spiro atoms. The summed E-state index contributed by atoms with van der Waals surface area (Å²) in [4.78, 5) is 4.19. The van der Waals surface area contributed by atoms with Gasteiger partial charge in [0.05, 0.1) is 12.3 Å². The molecule has 9 aromatic carbocycles. The van der Waals surface area contributed by atoms with Crippen molar-refractivity contribution in [3.63, 3.8) is 0 Å². The van der Waals surface area contributed by atoms with Crippen LogP contribution in [0.3, 0.4) is 0 Å². The first-order valence-electron chi connectivity index (χ1n) is 23.1. The fourth-order valence-corrected chi connectivity index (χ4v) is 10.6. The van der Waals surface area contributed by atoms with Gasteiger partial charge < -0.3 is 9.80 Å². The van der Waals surface area contributed by atoms with Crippen LogP contribution in [0.2, 0.25) is 0 Å². The molecule has 0 fully saturated rings. The molecule has 0 heterocycles. The zero-order chi connectivity index (χ0) is 44.4. The van der Waals surface area contributed by atoms with E-state index in [0.29, 0.717) is 11.4 Å². The van der Waals surface area contributed by atoms with Crippen LogP contribution in [0, 0.1) is 0 Å². The molecule has 284 valence electrons. The van der Waals surface area contributed by atoms with Gasteiger partial charge in [-0.2, -0.15) is 0 Å². The Morgan fingerprint density at radius 3 is 1.35 bits per heavy atom. The largest absolute Gasteiger partial charge is 0.310 e. The fraction of sp³-hybridized carbons (Fsp3) is 0.0690. The summed E-state index contributed by atoms with van der Waals surface area (Å²) < 4.78 is 43.8. The summed E-state index contributed by atoms with van der Waals surface area (Å²) in [5.74, 6) is 0. The van der Waals surface area contributed by atoms with E-state index >= 15 is 0 Å². The molecule has 1 atom stereocenters. The number of nitrogens with zero attached hydrogens (tertiary/aromatic N) is 2. The standard InChI is InChI=1S/C58H42N2/c1-57(2)51-27-15-12-24-45(51)48-33-30-43(37-55(48)57)60(41-22-10-5-11-23-41)44-31-34-49-46-25-13-16-28-52(46)58(56(49)38-44)53-29-17-14-26-47(53)50-36-42(32-35-54(50)58)59(39-18-6-3-7-19-39)40-20-8-4-9-21-40/h3-38H,1-2H3/i3D,6D,7D,18D,19D. The molecule has 12 rings (SSSR count). The highest BCUT2D eigenvalue weighted by atomic mass is 15.1. The molecule has 0 N–H and O–H groups in total. The van der Waals surface area contributed by atoms with Crippen molar-refractivity contribution in [2.24, 2.45) is 0 Å². The Hall–Kier alpha value is -7.42. The van der Waals surface area contributed by atoms with E-state index in [1.54, 1.807) is 4.90 Å². The fourth-order valence-electron chi connectivity index (χ4n) is 10.6. The van der Waals surface area contributed by atoms with Crippen molar-refractivity contribution in [3.05, 3.63) is 252 Å². The number of para-hydroxylation sites is 3. The van der Waals surface area contributed by atoms with Crippen molar-refractivity contribution in [3.8, 4) is 33.4 Å². The van der Waals surface area contributed by atoms with E-state index in [-0.39, 0.29) is 35.3 Å². The first-order chi connectivity index (χ1) is 31.6. The first-order valence-corrected chi connectivity index (χ1v) is 20.6. The summed E-state index contributed by atoms with van der Waals surface area (Å²) in [6, 6.07) is 65.0. The second kappa shape index (κ2) is 13.0. The molecule has 0 aromatic heterocycles. The second-order valence-corrected chi connectivity index (χ2v) is 16.5. The van der Waals surface area contributed by atoms with E-state index < -0.39 is 11.5 Å². The lowest BCUT2D eigenvalue weighted by molar-refractivity contribution is 0.660. The molecule has 0 saturated carbocycles. The third-order valence-corrected chi connectivity index (χ3v) is 13.1. The Bertz CT molecular complexity index is 3410. The highest BCUT2D eigenvalue weighted by Crippen LogP contribution is 2.64. The minimum Gasteiger partial charge on any atom is -0.310 e. The molecule has 3 aliphatic rings. The van der Waals surface area contributed by atoms with Gasteiger partial charge in [-0.1, -0.05) is 159 Å². The molecule has 9 aromatic rings. The third-order valence-electron chi connectivity index (χ3n) is 13.1. The number of hydrogen-bond donors (Lipinski definition) is 0. The molecule has 1 unspecified atom stereocenters. The quantitative estimate of drug-likeness (QED) is 0.166. The molecule has 0 bridgehead atoms. The smallest absolute Gasteiger partial charge is 0.0726 e. The van der Waals surface area contributed by atoms with E-state index in [2.05, 4.69) is 170 Å². The summed E-state index contributed by atoms with van der Waals surface area (Å²) in [5.41, 5.74) is 18.3. The lowest BCUT2D eigenvalue weighted by atomic mass is 9.70. The van der Waals surface area contributed by atoms with Crippen molar-refractivity contribution in [1.29, 1.82) is 0 Å². The maximum absolute atomic E-state index is 9.07. The molecular weight excluding hydrogens is 725 g/mol. The lowest BCUT2D eigenvalue weighted by Crippen LogP contribution is -2.26. The zero-order valence-corrected chi connectivity index (χ0v) is 33.3. The van der Waals surface area contributed by atoms with Gasteiger partial charge >= 0.3 is 0 Å². The number of benzene rings is 9. The maximum atomic E-state index is 9.07. The Labute approximate surface area is 359 Å². The molecular formula is C58H42N2. The van der Waals surface area contributed by atoms with Gasteiger partial charge in [0.15, 0.2) is 0 Å². The van der Waals surface area contributed by atoms with Crippen molar-refractivity contribution >= 4 is 34.1 Å². The highest BCUT2D eigenvalue weighted by Gasteiger charge is 2.52. The van der Waals surface area contributed by atoms with E-state index in [0.717, 1.165) is 33.8 Å². The van der Waals surface area contributed by atoms with Gasteiger partial charge in [0.1, 0.15) is 0 Å². The number of fused-ring (bicyclic) bond motifs is 13. The third kappa shape index (κ3) is 4.82.